The van der Waals surface area contributed by atoms with Crippen LogP contribution in [0.5, 0.6) is 0 Å². The zero-order chi connectivity index (χ0) is 34.5. The van der Waals surface area contributed by atoms with Gasteiger partial charge in [-0.3, -0.25) is 4.57 Å². The summed E-state index contributed by atoms with van der Waals surface area (Å²) in [6.45, 7) is 0. The summed E-state index contributed by atoms with van der Waals surface area (Å²) in [5.74, 6) is 0.562. The second-order valence-corrected chi connectivity index (χ2v) is 11.5. The molecule has 4 heteroatoms. The van der Waals surface area contributed by atoms with E-state index in [0.29, 0.717) is 5.95 Å². The largest absolute Gasteiger partial charge is 0.309 e. The van der Waals surface area contributed by atoms with Crippen LogP contribution in [0, 0.1) is 0 Å². The Morgan fingerprint density at radius 2 is 1.13 bits per heavy atom. The summed E-state index contributed by atoms with van der Waals surface area (Å²) in [6, 6.07) is 41.3. The van der Waals surface area contributed by atoms with Crippen molar-refractivity contribution in [2.75, 3.05) is 0 Å². The minimum Gasteiger partial charge on any atom is -0.309 e. The van der Waals surface area contributed by atoms with Gasteiger partial charge < -0.3 is 4.57 Å². The molecule has 0 spiro atoms. The van der Waals surface area contributed by atoms with Crippen LogP contribution in [0.1, 0.15) is 6.85 Å². The first-order chi connectivity index (χ1) is 24.9. The van der Waals surface area contributed by atoms with Crippen molar-refractivity contribution >= 4 is 65.3 Å². The molecule has 0 bridgehead atoms. The lowest BCUT2D eigenvalue weighted by Gasteiger charge is -2.12. The van der Waals surface area contributed by atoms with Crippen LogP contribution < -0.4 is 0 Å². The van der Waals surface area contributed by atoms with E-state index in [9.17, 15) is 0 Å². The van der Waals surface area contributed by atoms with Crippen LogP contribution in [0.4, 0.5) is 0 Å². The van der Waals surface area contributed by atoms with Gasteiger partial charge in [0.15, 0.2) is 0 Å². The third kappa shape index (κ3) is 3.55. The van der Waals surface area contributed by atoms with Gasteiger partial charge in [-0.05, 0) is 59.3 Å². The summed E-state index contributed by atoms with van der Waals surface area (Å²) in [7, 11) is 0. The van der Waals surface area contributed by atoms with Gasteiger partial charge in [0.25, 0.3) is 0 Å². The summed E-state index contributed by atoms with van der Waals surface area (Å²) in [5, 5.41) is 7.31. The van der Waals surface area contributed by atoms with Crippen LogP contribution in [0.25, 0.3) is 88.2 Å². The normalized spacial score (nSPS) is 13.4. The van der Waals surface area contributed by atoms with Gasteiger partial charge in [-0.1, -0.05) is 109 Å². The molecule has 3 aromatic heterocycles. The maximum atomic E-state index is 8.77. The van der Waals surface area contributed by atoms with Gasteiger partial charge in [0.05, 0.1) is 40.1 Å². The minimum absolute atomic E-state index is 0.119. The smallest absolute Gasteiger partial charge is 0.235 e. The van der Waals surface area contributed by atoms with E-state index in [0.717, 1.165) is 65.8 Å². The fourth-order valence-corrected chi connectivity index (χ4v) is 7.06. The quantitative estimate of drug-likeness (QED) is 0.205. The Bertz CT molecular complexity index is 3080. The molecule has 0 aliphatic rings. The van der Waals surface area contributed by atoms with E-state index in [4.69, 9.17) is 16.8 Å². The second-order valence-electron chi connectivity index (χ2n) is 11.5. The Balaban J connectivity index is 1.26. The average Bonchev–Trinajstić information content (AvgIpc) is 3.69. The molecule has 0 saturated carbocycles. The van der Waals surface area contributed by atoms with E-state index >= 15 is 0 Å². The molecule has 0 aliphatic carbocycles. The van der Waals surface area contributed by atoms with E-state index in [1.54, 1.807) is 4.57 Å². The molecule has 0 fully saturated rings. The maximum Gasteiger partial charge on any atom is 0.235 e. The van der Waals surface area contributed by atoms with Crippen LogP contribution in [0.15, 0.2) is 158 Å². The van der Waals surface area contributed by atoms with Crippen molar-refractivity contribution in [3.8, 4) is 22.9 Å². The van der Waals surface area contributed by atoms with Gasteiger partial charge in [0.2, 0.25) is 5.95 Å². The van der Waals surface area contributed by atoms with Crippen LogP contribution in [0.3, 0.4) is 0 Å². The Kier molecular flexibility index (Phi) is 4.32. The topological polar surface area (TPSA) is 35.6 Å². The molecule has 10 rings (SSSR count). The first kappa shape index (κ1) is 20.7. The molecule has 0 N–H and O–H groups in total. The highest BCUT2D eigenvalue weighted by atomic mass is 15.2. The van der Waals surface area contributed by atoms with Crippen LogP contribution in [0.2, 0.25) is 0 Å². The summed E-state index contributed by atoms with van der Waals surface area (Å²) in [4.78, 5) is 10.5. The predicted molar refractivity (Wildman–Crippen MR) is 191 cm³/mol. The third-order valence-corrected chi connectivity index (χ3v) is 9.01. The SMILES string of the molecule is [2H]c1c([2H])c([2H])c(-n2c3ccccc3c3cc(-c4nc(-n5c6ccccc6c6c7ccccc7ccc65)nc5ccccc45)ccc32)c([2H])c1[2H]. The molecule has 46 heavy (non-hydrogen) atoms. The number of nitrogens with zero attached hydrogens (tertiary/aromatic N) is 4. The molecule has 0 saturated heterocycles. The summed E-state index contributed by atoms with van der Waals surface area (Å²) in [6.07, 6.45) is 0. The molecule has 10 aromatic rings. The van der Waals surface area contributed by atoms with E-state index in [1.165, 1.54) is 10.8 Å². The van der Waals surface area contributed by atoms with Crippen molar-refractivity contribution in [1.82, 2.24) is 19.1 Å². The number of fused-ring (bicyclic) bond motifs is 9. The molecule has 0 amide bonds. The standard InChI is InChI=1S/C42H26N4/c1-2-13-29(14-3-1)45-36-20-10-7-16-31(36)34-26-28(23-24-38(34)45)41-32-17-6-9-19-35(32)43-42(44-41)46-37-21-11-8-18-33(37)40-30-15-5-4-12-27(30)22-25-39(40)46/h1-26H/i1D,2D,3D,13D,14D. The van der Waals surface area contributed by atoms with E-state index in [1.807, 2.05) is 66.7 Å². The van der Waals surface area contributed by atoms with Crippen molar-refractivity contribution in [2.24, 2.45) is 0 Å². The van der Waals surface area contributed by atoms with Crippen LogP contribution >= 0.6 is 0 Å². The Morgan fingerprint density at radius 3 is 1.98 bits per heavy atom. The predicted octanol–water partition coefficient (Wildman–Crippen LogP) is 10.6. The van der Waals surface area contributed by atoms with Crippen LogP contribution in [-0.2, 0) is 0 Å². The number of hydrogen-bond acceptors (Lipinski definition) is 2. The summed E-state index contributed by atoms with van der Waals surface area (Å²) in [5.41, 5.74) is 6.08. The zero-order valence-electron chi connectivity index (χ0n) is 29.4. The highest BCUT2D eigenvalue weighted by molar-refractivity contribution is 6.21. The third-order valence-electron chi connectivity index (χ3n) is 9.01. The van der Waals surface area contributed by atoms with Crippen molar-refractivity contribution < 1.29 is 6.85 Å². The lowest BCUT2D eigenvalue weighted by Crippen LogP contribution is -2.03. The molecule has 4 nitrogen and oxygen atoms in total. The number of para-hydroxylation sites is 4. The Labute approximate surface area is 271 Å². The number of rotatable bonds is 3. The average molecular weight is 592 g/mol. The molecule has 0 aliphatic heterocycles. The van der Waals surface area contributed by atoms with Gasteiger partial charge in [0, 0.05) is 38.2 Å². The summed E-state index contributed by atoms with van der Waals surface area (Å²) < 4.78 is 46.3. The van der Waals surface area contributed by atoms with Crippen molar-refractivity contribution in [3.63, 3.8) is 0 Å². The molecule has 7 aromatic carbocycles. The Hall–Kier alpha value is -6.26. The van der Waals surface area contributed by atoms with E-state index in [2.05, 4.69) is 65.2 Å². The first-order valence-corrected chi connectivity index (χ1v) is 15.2. The molecular formula is C42H26N4. The fourth-order valence-electron chi connectivity index (χ4n) is 7.06. The molecule has 0 atom stereocenters. The van der Waals surface area contributed by atoms with Gasteiger partial charge in [0.1, 0.15) is 0 Å². The first-order valence-electron chi connectivity index (χ1n) is 17.7. The fraction of sp³-hybridized carbons (Fsp3) is 0. The van der Waals surface area contributed by atoms with E-state index in [-0.39, 0.29) is 29.9 Å². The van der Waals surface area contributed by atoms with Gasteiger partial charge >= 0.3 is 0 Å². The second kappa shape index (κ2) is 9.62. The van der Waals surface area contributed by atoms with Crippen LogP contribution in [-0.4, -0.2) is 19.1 Å². The molecule has 0 unspecified atom stereocenters. The van der Waals surface area contributed by atoms with Crippen molar-refractivity contribution in [2.45, 2.75) is 0 Å². The van der Waals surface area contributed by atoms with Gasteiger partial charge in [-0.25, -0.2) is 9.97 Å². The minimum atomic E-state index is -0.417. The lowest BCUT2D eigenvalue weighted by atomic mass is 10.0. The molecular weight excluding hydrogens is 560 g/mol. The zero-order valence-corrected chi connectivity index (χ0v) is 24.4. The molecule has 0 radical (unpaired) electrons. The molecule has 214 valence electrons. The number of aromatic nitrogens is 4. The van der Waals surface area contributed by atoms with Crippen molar-refractivity contribution in [3.05, 3.63) is 158 Å². The van der Waals surface area contributed by atoms with Gasteiger partial charge in [-0.2, -0.15) is 0 Å². The van der Waals surface area contributed by atoms with Crippen molar-refractivity contribution in [1.29, 1.82) is 0 Å². The number of benzene rings is 7. The highest BCUT2D eigenvalue weighted by Gasteiger charge is 2.19. The Morgan fingerprint density at radius 1 is 0.478 bits per heavy atom. The highest BCUT2D eigenvalue weighted by Crippen LogP contribution is 2.39. The maximum absolute atomic E-state index is 8.77. The molecule has 3 heterocycles. The number of hydrogen-bond donors (Lipinski definition) is 0. The monoisotopic (exact) mass is 591 g/mol. The lowest BCUT2D eigenvalue weighted by molar-refractivity contribution is 1.01. The van der Waals surface area contributed by atoms with E-state index < -0.39 is 6.04 Å². The van der Waals surface area contributed by atoms with Gasteiger partial charge in [-0.15, -0.1) is 0 Å². The summed E-state index contributed by atoms with van der Waals surface area (Å²) >= 11 is 0.